The van der Waals surface area contributed by atoms with Crippen LogP contribution in [0.2, 0.25) is 5.02 Å². The zero-order valence-electron chi connectivity index (χ0n) is 26.8. The second kappa shape index (κ2) is 15.3. The number of ether oxygens (including phenoxy) is 2. The van der Waals surface area contributed by atoms with E-state index in [9.17, 15) is 22.4 Å². The van der Waals surface area contributed by atoms with Crippen molar-refractivity contribution in [2.45, 2.75) is 55.6 Å². The van der Waals surface area contributed by atoms with E-state index in [4.69, 9.17) is 21.1 Å². The fourth-order valence-electron chi connectivity index (χ4n) is 6.20. The van der Waals surface area contributed by atoms with Crippen LogP contribution in [0.25, 0.3) is 0 Å². The summed E-state index contributed by atoms with van der Waals surface area (Å²) in [6, 6.07) is 24.4. The highest BCUT2D eigenvalue weighted by Gasteiger charge is 2.36. The van der Waals surface area contributed by atoms with E-state index in [0.29, 0.717) is 22.9 Å². The molecule has 2 amide bonds. The van der Waals surface area contributed by atoms with Gasteiger partial charge in [-0.1, -0.05) is 66.9 Å². The Balaban J connectivity index is 1.40. The first-order valence-corrected chi connectivity index (χ1v) is 18.1. The molecule has 49 heavy (non-hydrogen) atoms. The smallest absolute Gasteiger partial charge is 0.264 e. The SMILES string of the molecule is O=C(NC1CCCC1)[C@@H](Cc1ccccc1)N(Cc1cccc(Cl)c1)C(=O)CN(c1ccc(F)cc1)S(=O)(=O)c1ccc2c(c1)OCCO2. The highest BCUT2D eigenvalue weighted by molar-refractivity contribution is 7.92. The maximum atomic E-state index is 14.7. The van der Waals surface area contributed by atoms with Crippen LogP contribution in [0.15, 0.2) is 102 Å². The van der Waals surface area contributed by atoms with E-state index in [1.54, 1.807) is 24.3 Å². The monoisotopic (exact) mass is 705 g/mol. The molecule has 0 bridgehead atoms. The molecule has 256 valence electrons. The van der Waals surface area contributed by atoms with Gasteiger partial charge in [-0.25, -0.2) is 12.8 Å². The lowest BCUT2D eigenvalue weighted by Crippen LogP contribution is -2.54. The van der Waals surface area contributed by atoms with Crippen molar-refractivity contribution in [3.8, 4) is 11.5 Å². The van der Waals surface area contributed by atoms with Crippen LogP contribution < -0.4 is 19.1 Å². The fourth-order valence-corrected chi connectivity index (χ4v) is 7.84. The summed E-state index contributed by atoms with van der Waals surface area (Å²) in [5.74, 6) is -0.867. The number of halogens is 2. The summed E-state index contributed by atoms with van der Waals surface area (Å²) >= 11 is 6.33. The summed E-state index contributed by atoms with van der Waals surface area (Å²) < 4.78 is 54.9. The minimum absolute atomic E-state index is 0.0137. The number of carbonyl (C=O) groups excluding carboxylic acids is 2. The largest absolute Gasteiger partial charge is 0.486 e. The summed E-state index contributed by atoms with van der Waals surface area (Å²) in [6.45, 7) is -0.113. The molecular weight excluding hydrogens is 669 g/mol. The number of anilines is 1. The van der Waals surface area contributed by atoms with Gasteiger partial charge in [0.15, 0.2) is 11.5 Å². The first-order valence-electron chi connectivity index (χ1n) is 16.2. The minimum atomic E-state index is -4.43. The highest BCUT2D eigenvalue weighted by Crippen LogP contribution is 2.34. The van der Waals surface area contributed by atoms with Crippen molar-refractivity contribution < 1.29 is 31.9 Å². The third-order valence-corrected chi connectivity index (χ3v) is 10.7. The average molecular weight is 706 g/mol. The molecule has 4 aromatic rings. The first kappa shape index (κ1) is 34.3. The van der Waals surface area contributed by atoms with Crippen molar-refractivity contribution in [1.82, 2.24) is 10.2 Å². The molecular formula is C37H37ClFN3O6S. The van der Waals surface area contributed by atoms with Crippen molar-refractivity contribution in [3.05, 3.63) is 119 Å². The molecule has 6 rings (SSSR count). The van der Waals surface area contributed by atoms with E-state index in [0.717, 1.165) is 47.7 Å². The Kier molecular flexibility index (Phi) is 10.7. The Hall–Kier alpha value is -4.61. The van der Waals surface area contributed by atoms with Crippen LogP contribution in [-0.4, -0.2) is 57.0 Å². The molecule has 0 radical (unpaired) electrons. The van der Waals surface area contributed by atoms with Crippen molar-refractivity contribution >= 4 is 39.1 Å². The molecule has 1 N–H and O–H groups in total. The van der Waals surface area contributed by atoms with E-state index in [1.807, 2.05) is 30.3 Å². The summed E-state index contributed by atoms with van der Waals surface area (Å²) in [5, 5.41) is 3.60. The van der Waals surface area contributed by atoms with Crippen LogP contribution in [0.3, 0.4) is 0 Å². The summed E-state index contributed by atoms with van der Waals surface area (Å²) in [5.41, 5.74) is 1.57. The van der Waals surface area contributed by atoms with Crippen molar-refractivity contribution in [3.63, 3.8) is 0 Å². The second-order valence-corrected chi connectivity index (χ2v) is 14.4. The minimum Gasteiger partial charge on any atom is -0.486 e. The third-order valence-electron chi connectivity index (χ3n) is 8.71. The van der Waals surface area contributed by atoms with Gasteiger partial charge in [-0.2, -0.15) is 0 Å². The van der Waals surface area contributed by atoms with Gasteiger partial charge < -0.3 is 19.7 Å². The lowest BCUT2D eigenvalue weighted by atomic mass is 10.0. The van der Waals surface area contributed by atoms with Crippen LogP contribution in [-0.2, 0) is 32.6 Å². The molecule has 2 aliphatic rings. The fraction of sp³-hybridized carbons (Fsp3) is 0.297. The molecule has 0 unspecified atom stereocenters. The maximum absolute atomic E-state index is 14.7. The highest BCUT2D eigenvalue weighted by atomic mass is 35.5. The number of rotatable bonds is 12. The lowest BCUT2D eigenvalue weighted by molar-refractivity contribution is -0.140. The van der Waals surface area contributed by atoms with E-state index in [1.165, 1.54) is 35.2 Å². The van der Waals surface area contributed by atoms with Gasteiger partial charge in [0, 0.05) is 30.1 Å². The van der Waals surface area contributed by atoms with Gasteiger partial charge in [0.1, 0.15) is 31.6 Å². The normalized spacial score (nSPS) is 15.0. The van der Waals surface area contributed by atoms with Gasteiger partial charge >= 0.3 is 0 Å². The van der Waals surface area contributed by atoms with Crippen molar-refractivity contribution in [2.75, 3.05) is 24.1 Å². The Morgan fingerprint density at radius 3 is 2.27 bits per heavy atom. The first-order chi connectivity index (χ1) is 23.7. The average Bonchev–Trinajstić information content (AvgIpc) is 3.62. The Morgan fingerprint density at radius 1 is 0.857 bits per heavy atom. The van der Waals surface area contributed by atoms with Gasteiger partial charge in [0.05, 0.1) is 10.6 Å². The number of hydrogen-bond acceptors (Lipinski definition) is 6. The summed E-state index contributed by atoms with van der Waals surface area (Å²) in [6.07, 6.45) is 3.89. The number of fused-ring (bicyclic) bond motifs is 1. The zero-order chi connectivity index (χ0) is 34.4. The Labute approximate surface area is 290 Å². The van der Waals surface area contributed by atoms with Gasteiger partial charge in [-0.3, -0.25) is 13.9 Å². The van der Waals surface area contributed by atoms with E-state index < -0.39 is 34.3 Å². The van der Waals surface area contributed by atoms with Gasteiger partial charge in [-0.05, 0) is 72.5 Å². The van der Waals surface area contributed by atoms with Gasteiger partial charge in [0.2, 0.25) is 11.8 Å². The summed E-state index contributed by atoms with van der Waals surface area (Å²) in [4.78, 5) is 30.1. The van der Waals surface area contributed by atoms with Gasteiger partial charge in [0.25, 0.3) is 10.0 Å². The molecule has 1 aliphatic heterocycles. The number of benzene rings is 4. The molecule has 9 nitrogen and oxygen atoms in total. The predicted octanol–water partition coefficient (Wildman–Crippen LogP) is 6.14. The van der Waals surface area contributed by atoms with Crippen molar-refractivity contribution in [1.29, 1.82) is 0 Å². The number of carbonyl (C=O) groups is 2. The molecule has 1 atom stereocenters. The van der Waals surface area contributed by atoms with E-state index in [2.05, 4.69) is 5.32 Å². The third kappa shape index (κ3) is 8.34. The number of nitrogens with zero attached hydrogens (tertiary/aromatic N) is 2. The number of hydrogen-bond donors (Lipinski definition) is 1. The second-order valence-electron chi connectivity index (χ2n) is 12.1. The molecule has 12 heteroatoms. The standard InChI is InChI=1S/C37H37ClFN3O6S/c38-28-10-6-9-27(21-28)24-41(33(22-26-7-2-1-3-8-26)37(44)40-30-11-4-5-12-30)36(43)25-42(31-15-13-29(39)14-16-31)49(45,46)32-17-18-34-35(23-32)48-20-19-47-34/h1-3,6-10,13-18,21,23,30,33H,4-5,11-12,19-20,22,24-25H2,(H,40,44)/t33-/m1/s1. The van der Waals surface area contributed by atoms with E-state index >= 15 is 0 Å². The quantitative estimate of drug-likeness (QED) is 0.190. The number of nitrogens with one attached hydrogen (secondary N) is 1. The number of sulfonamides is 1. The molecule has 0 spiro atoms. The Bertz CT molecular complexity index is 1890. The molecule has 1 aliphatic carbocycles. The zero-order valence-corrected chi connectivity index (χ0v) is 28.3. The molecule has 1 fully saturated rings. The topological polar surface area (TPSA) is 105 Å². The van der Waals surface area contributed by atoms with Gasteiger partial charge in [-0.15, -0.1) is 0 Å². The van der Waals surface area contributed by atoms with Crippen LogP contribution >= 0.6 is 11.6 Å². The summed E-state index contributed by atoms with van der Waals surface area (Å²) in [7, 11) is -4.43. The van der Waals surface area contributed by atoms with Crippen LogP contribution in [0.4, 0.5) is 10.1 Å². The van der Waals surface area contributed by atoms with E-state index in [-0.39, 0.29) is 47.9 Å². The molecule has 1 saturated carbocycles. The molecule has 4 aromatic carbocycles. The molecule has 0 aromatic heterocycles. The lowest BCUT2D eigenvalue weighted by Gasteiger charge is -2.34. The Morgan fingerprint density at radius 2 is 1.55 bits per heavy atom. The molecule has 1 heterocycles. The van der Waals surface area contributed by atoms with Crippen LogP contribution in [0.5, 0.6) is 11.5 Å². The van der Waals surface area contributed by atoms with Crippen LogP contribution in [0.1, 0.15) is 36.8 Å². The molecule has 0 saturated heterocycles. The van der Waals surface area contributed by atoms with Crippen molar-refractivity contribution in [2.24, 2.45) is 0 Å². The maximum Gasteiger partial charge on any atom is 0.264 e. The predicted molar refractivity (Wildman–Crippen MR) is 185 cm³/mol. The van der Waals surface area contributed by atoms with Crippen LogP contribution in [0, 0.1) is 5.82 Å². The number of amides is 2.